The van der Waals surface area contributed by atoms with Gasteiger partial charge in [0.05, 0.1) is 28.7 Å². The van der Waals surface area contributed by atoms with Crippen molar-refractivity contribution in [3.63, 3.8) is 0 Å². The van der Waals surface area contributed by atoms with Gasteiger partial charge in [-0.1, -0.05) is 30.3 Å². The Morgan fingerprint density at radius 1 is 1.09 bits per heavy atom. The van der Waals surface area contributed by atoms with Crippen molar-refractivity contribution >= 4 is 33.2 Å². The van der Waals surface area contributed by atoms with Crippen molar-refractivity contribution < 1.29 is 4.74 Å². The highest BCUT2D eigenvalue weighted by molar-refractivity contribution is 7.19. The first-order valence-electron chi connectivity index (χ1n) is 11.8. The normalized spacial score (nSPS) is 16.1. The highest BCUT2D eigenvalue weighted by Crippen LogP contribution is 2.43. The molecule has 0 aliphatic carbocycles. The Balaban J connectivity index is 1.38. The molecule has 0 saturated carbocycles. The first-order valence-corrected chi connectivity index (χ1v) is 12.6. The Morgan fingerprint density at radius 2 is 1.94 bits per heavy atom. The molecule has 0 amide bonds. The summed E-state index contributed by atoms with van der Waals surface area (Å²) >= 11 is 1.75. The first-order chi connectivity index (χ1) is 16.2. The Bertz CT molecular complexity index is 1340. The summed E-state index contributed by atoms with van der Waals surface area (Å²) in [7, 11) is 0. The molecule has 2 aromatic carbocycles. The number of piperidine rings is 1. The van der Waals surface area contributed by atoms with Crippen molar-refractivity contribution in [3.8, 4) is 16.9 Å². The summed E-state index contributed by atoms with van der Waals surface area (Å²) < 4.78 is 7.21. The van der Waals surface area contributed by atoms with Gasteiger partial charge in [0.1, 0.15) is 5.75 Å². The molecule has 1 saturated heterocycles. The van der Waals surface area contributed by atoms with Gasteiger partial charge in [-0.05, 0) is 68.5 Å². The molecule has 6 rings (SSSR count). The Kier molecular flexibility index (Phi) is 5.27. The van der Waals surface area contributed by atoms with E-state index in [4.69, 9.17) is 9.72 Å². The minimum Gasteiger partial charge on any atom is -0.491 e. The lowest BCUT2D eigenvalue weighted by molar-refractivity contribution is 0.358. The first kappa shape index (κ1) is 20.6. The van der Waals surface area contributed by atoms with Crippen LogP contribution in [0.5, 0.6) is 5.75 Å². The van der Waals surface area contributed by atoms with Gasteiger partial charge >= 0.3 is 0 Å². The van der Waals surface area contributed by atoms with Crippen molar-refractivity contribution in [2.75, 3.05) is 25.0 Å². The van der Waals surface area contributed by atoms with E-state index in [0.29, 0.717) is 11.9 Å². The summed E-state index contributed by atoms with van der Waals surface area (Å²) in [6.45, 7) is 7.26. The van der Waals surface area contributed by atoms with Gasteiger partial charge in [-0.25, -0.2) is 9.97 Å². The van der Waals surface area contributed by atoms with Gasteiger partial charge in [0.25, 0.3) is 0 Å². The lowest BCUT2D eigenvalue weighted by Gasteiger charge is -2.25. The molecule has 168 valence electrons. The smallest absolute Gasteiger partial charge is 0.227 e. The van der Waals surface area contributed by atoms with E-state index in [1.54, 1.807) is 11.3 Å². The molecule has 0 unspecified atom stereocenters. The number of hydrogen-bond donors (Lipinski definition) is 2. The van der Waals surface area contributed by atoms with Crippen LogP contribution < -0.4 is 15.4 Å². The zero-order valence-electron chi connectivity index (χ0n) is 19.1. The van der Waals surface area contributed by atoms with Gasteiger partial charge in [-0.2, -0.15) is 0 Å². The molecule has 0 bridgehead atoms. The lowest BCUT2D eigenvalue weighted by Crippen LogP contribution is -2.27. The summed E-state index contributed by atoms with van der Waals surface area (Å²) in [6.07, 6.45) is 5.30. The third kappa shape index (κ3) is 3.67. The molecule has 0 radical (unpaired) electrons. The van der Waals surface area contributed by atoms with Crippen LogP contribution in [-0.2, 0) is 6.42 Å². The van der Waals surface area contributed by atoms with E-state index in [-0.39, 0.29) is 0 Å². The van der Waals surface area contributed by atoms with Crippen molar-refractivity contribution in [3.05, 3.63) is 64.2 Å². The molecule has 4 aromatic rings. The number of nitrogens with zero attached hydrogens (tertiary/aromatic N) is 2. The topological polar surface area (TPSA) is 59.1 Å². The Hall–Kier alpha value is -2.96. The molecule has 2 N–H and O–H groups in total. The van der Waals surface area contributed by atoms with Gasteiger partial charge in [-0.3, -0.25) is 0 Å². The van der Waals surface area contributed by atoms with Crippen LogP contribution in [0.2, 0.25) is 0 Å². The summed E-state index contributed by atoms with van der Waals surface area (Å²) in [5.41, 5.74) is 8.49. The number of nitrogens with one attached hydrogen (secondary N) is 2. The van der Waals surface area contributed by atoms with Crippen LogP contribution in [0.3, 0.4) is 0 Å². The maximum absolute atomic E-state index is 6.10. The van der Waals surface area contributed by atoms with Gasteiger partial charge in [0.2, 0.25) is 5.95 Å². The van der Waals surface area contributed by atoms with E-state index in [0.717, 1.165) is 47.8 Å². The largest absolute Gasteiger partial charge is 0.491 e. The van der Waals surface area contributed by atoms with Crippen LogP contribution in [0.1, 0.15) is 40.3 Å². The number of hydrogen-bond acceptors (Lipinski definition) is 6. The molecule has 0 atom stereocenters. The molecular weight excluding hydrogens is 428 g/mol. The van der Waals surface area contributed by atoms with Gasteiger partial charge in [-0.15, -0.1) is 11.3 Å². The number of ether oxygens (including phenoxy) is 1. The minimum atomic E-state index is 0.613. The van der Waals surface area contributed by atoms with E-state index in [9.17, 15) is 0 Å². The predicted molar refractivity (Wildman–Crippen MR) is 136 cm³/mol. The number of fused-ring (bicyclic) bond motifs is 2. The second kappa shape index (κ2) is 8.43. The molecule has 6 heteroatoms. The highest BCUT2D eigenvalue weighted by Gasteiger charge is 2.26. The molecular formula is C27H28N4OS. The fourth-order valence-corrected chi connectivity index (χ4v) is 6.28. The van der Waals surface area contributed by atoms with Crippen molar-refractivity contribution in [2.24, 2.45) is 0 Å². The van der Waals surface area contributed by atoms with Crippen molar-refractivity contribution in [2.45, 2.75) is 39.0 Å². The SMILES string of the molecule is Cc1ccccc1-c1c(C)sc2cnc(Nc3ccc(C4CCNCC4)c4c3OCC4)nc12. The van der Waals surface area contributed by atoms with E-state index >= 15 is 0 Å². The van der Waals surface area contributed by atoms with Crippen LogP contribution in [0.25, 0.3) is 21.3 Å². The second-order valence-electron chi connectivity index (χ2n) is 9.01. The summed E-state index contributed by atoms with van der Waals surface area (Å²) in [6, 6.07) is 12.9. The third-order valence-electron chi connectivity index (χ3n) is 6.94. The summed E-state index contributed by atoms with van der Waals surface area (Å²) in [5.74, 6) is 2.21. The molecule has 2 aliphatic rings. The number of thiophene rings is 1. The van der Waals surface area contributed by atoms with E-state index in [1.807, 2.05) is 6.20 Å². The molecule has 0 spiro atoms. The van der Waals surface area contributed by atoms with Crippen LogP contribution in [0, 0.1) is 13.8 Å². The average molecular weight is 457 g/mol. The lowest BCUT2D eigenvalue weighted by atomic mass is 9.86. The number of benzene rings is 2. The van der Waals surface area contributed by atoms with E-state index in [1.165, 1.54) is 45.5 Å². The third-order valence-corrected chi connectivity index (χ3v) is 7.97. The minimum absolute atomic E-state index is 0.613. The second-order valence-corrected chi connectivity index (χ2v) is 10.3. The standard InChI is InChI=1S/C27H28N4OS/c1-16-5-3-4-6-19(16)24-17(2)33-23-15-29-27(31-25(23)24)30-22-8-7-20(18-9-12-28-13-10-18)21-11-14-32-26(21)22/h3-8,15,18,28H,9-14H2,1-2H3,(H,29,30,31). The zero-order chi connectivity index (χ0) is 22.4. The van der Waals surface area contributed by atoms with Crippen LogP contribution in [0.4, 0.5) is 11.6 Å². The van der Waals surface area contributed by atoms with E-state index < -0.39 is 0 Å². The Morgan fingerprint density at radius 3 is 2.79 bits per heavy atom. The molecule has 5 nitrogen and oxygen atoms in total. The van der Waals surface area contributed by atoms with Crippen LogP contribution in [-0.4, -0.2) is 29.7 Å². The quantitative estimate of drug-likeness (QED) is 0.387. The fourth-order valence-electron chi connectivity index (χ4n) is 5.29. The Labute approximate surface area is 198 Å². The van der Waals surface area contributed by atoms with Crippen LogP contribution in [0.15, 0.2) is 42.6 Å². The molecule has 4 heterocycles. The van der Waals surface area contributed by atoms with Gasteiger partial charge < -0.3 is 15.4 Å². The number of anilines is 2. The predicted octanol–water partition coefficient (Wildman–Crippen LogP) is 6.12. The van der Waals surface area contributed by atoms with Gasteiger partial charge in [0.15, 0.2) is 0 Å². The highest BCUT2D eigenvalue weighted by atomic mass is 32.1. The number of rotatable bonds is 4. The number of aryl methyl sites for hydroxylation is 2. The number of aromatic nitrogens is 2. The molecule has 1 fully saturated rings. The fraction of sp³-hybridized carbons (Fsp3) is 0.333. The average Bonchev–Trinajstić information content (AvgIpc) is 3.45. The van der Waals surface area contributed by atoms with Crippen LogP contribution >= 0.6 is 11.3 Å². The van der Waals surface area contributed by atoms with Gasteiger partial charge in [0, 0.05) is 22.4 Å². The summed E-state index contributed by atoms with van der Waals surface area (Å²) in [4.78, 5) is 10.9. The van der Waals surface area contributed by atoms with E-state index in [2.05, 4.69) is 65.9 Å². The maximum Gasteiger partial charge on any atom is 0.227 e. The maximum atomic E-state index is 6.10. The van der Waals surface area contributed by atoms with Crippen molar-refractivity contribution in [1.29, 1.82) is 0 Å². The monoisotopic (exact) mass is 456 g/mol. The zero-order valence-corrected chi connectivity index (χ0v) is 19.9. The molecule has 33 heavy (non-hydrogen) atoms. The molecule has 2 aromatic heterocycles. The summed E-state index contributed by atoms with van der Waals surface area (Å²) in [5, 5.41) is 6.95. The molecule has 2 aliphatic heterocycles. The van der Waals surface area contributed by atoms with Crippen molar-refractivity contribution in [1.82, 2.24) is 15.3 Å².